The molecule has 4 N–H and O–H groups in total. The van der Waals surface area contributed by atoms with Crippen molar-refractivity contribution >= 4 is 23.7 Å². The van der Waals surface area contributed by atoms with E-state index in [1.165, 1.54) is 20.3 Å². The summed E-state index contributed by atoms with van der Waals surface area (Å²) >= 11 is 0. The van der Waals surface area contributed by atoms with Crippen LogP contribution < -0.4 is 39.5 Å². The van der Waals surface area contributed by atoms with Gasteiger partial charge in [0.2, 0.25) is 35.2 Å². The largest absolute Gasteiger partial charge is 0.496 e. The van der Waals surface area contributed by atoms with E-state index in [9.17, 15) is 19.2 Å². The van der Waals surface area contributed by atoms with Crippen LogP contribution in [-0.2, 0) is 9.59 Å². The van der Waals surface area contributed by atoms with Crippen LogP contribution in [0.25, 0.3) is 22.8 Å². The minimum atomic E-state index is -0.970. The molecule has 4 heterocycles. The number of likely N-dealkylation sites (tertiary alicyclic amines) is 2. The van der Waals surface area contributed by atoms with Gasteiger partial charge in [0.05, 0.1) is 61.3 Å². The Bertz CT molecular complexity index is 2730. The standard InChI is InChI=1S/C25H28N4O6.C17H22N4O4.C8H8O3/c1-32-19-7-5-4-6-18(19)24(31)26-15-22(30)29-12-10-16(11-13-29)25-27-23(28-35-25)17-8-9-20(33-2)21(14-17)34-3;1-23-13-4-3-12(9-14(13)24-2)16-19-17(25-20-16)11-5-7-21(8-6-11)15(22)10-18;1-11-7-5-3-2-4-6(7)8(9)10/h4-9,14,16H,10-13,15H2,1-3H3,(H,26,31);3-4,9,11H,5-8,10,18H2,1-2H3;2-5H,1H3,(H,9,10). The number of aromatic carboxylic acids is 1. The number of carboxylic acids is 1. The molecule has 21 heteroatoms. The van der Waals surface area contributed by atoms with Crippen molar-refractivity contribution in [3.8, 4) is 57.3 Å². The van der Waals surface area contributed by atoms with E-state index in [4.69, 9.17) is 48.3 Å². The molecule has 376 valence electrons. The van der Waals surface area contributed by atoms with Gasteiger partial charge in [-0.25, -0.2) is 4.79 Å². The first-order valence-electron chi connectivity index (χ1n) is 22.6. The normalized spacial score (nSPS) is 13.6. The number of nitrogens with zero attached hydrogens (tertiary/aromatic N) is 6. The van der Waals surface area contributed by atoms with E-state index in [0.717, 1.165) is 24.0 Å². The molecular weight excluding hydrogens is 921 g/mol. The molecule has 8 rings (SSSR count). The molecule has 0 saturated carbocycles. The van der Waals surface area contributed by atoms with Gasteiger partial charge in [-0.1, -0.05) is 34.6 Å². The van der Waals surface area contributed by atoms with Crippen LogP contribution in [0.1, 0.15) is 70.0 Å². The smallest absolute Gasteiger partial charge is 0.339 e. The third-order valence-corrected chi connectivity index (χ3v) is 11.8. The van der Waals surface area contributed by atoms with Gasteiger partial charge in [0.15, 0.2) is 23.0 Å². The molecule has 3 amide bonds. The van der Waals surface area contributed by atoms with Crippen molar-refractivity contribution in [3.05, 3.63) is 108 Å². The van der Waals surface area contributed by atoms with Crippen molar-refractivity contribution < 1.29 is 61.8 Å². The van der Waals surface area contributed by atoms with Gasteiger partial charge >= 0.3 is 5.97 Å². The first-order chi connectivity index (χ1) is 34.4. The van der Waals surface area contributed by atoms with Crippen molar-refractivity contribution in [2.75, 3.05) is 81.9 Å². The van der Waals surface area contributed by atoms with E-state index >= 15 is 0 Å². The van der Waals surface area contributed by atoms with Gasteiger partial charge in [0, 0.05) is 49.1 Å². The highest BCUT2D eigenvalue weighted by atomic mass is 16.5. The zero-order valence-corrected chi connectivity index (χ0v) is 40.4. The van der Waals surface area contributed by atoms with Crippen LogP contribution in [0, 0.1) is 0 Å². The highest BCUT2D eigenvalue weighted by Gasteiger charge is 2.29. The second-order valence-electron chi connectivity index (χ2n) is 16.0. The number of hydrogen-bond acceptors (Lipinski definition) is 17. The number of amides is 3. The van der Waals surface area contributed by atoms with Crippen LogP contribution in [0.5, 0.6) is 34.5 Å². The highest BCUT2D eigenvalue weighted by molar-refractivity contribution is 5.98. The minimum Gasteiger partial charge on any atom is -0.496 e. The first kappa shape index (κ1) is 52.2. The molecule has 21 nitrogen and oxygen atoms in total. The Balaban J connectivity index is 0.000000198. The number of aromatic nitrogens is 4. The second-order valence-corrected chi connectivity index (χ2v) is 16.0. The summed E-state index contributed by atoms with van der Waals surface area (Å²) in [7, 11) is 9.27. The van der Waals surface area contributed by atoms with Gasteiger partial charge in [0.1, 0.15) is 17.1 Å². The van der Waals surface area contributed by atoms with E-state index in [1.807, 2.05) is 18.2 Å². The van der Waals surface area contributed by atoms with Crippen molar-refractivity contribution in [3.63, 3.8) is 0 Å². The second kappa shape index (κ2) is 25.4. The fourth-order valence-electron chi connectivity index (χ4n) is 7.88. The Morgan fingerprint density at radius 2 is 0.986 bits per heavy atom. The Morgan fingerprint density at radius 3 is 1.39 bits per heavy atom. The van der Waals surface area contributed by atoms with Gasteiger partial charge in [-0.05, 0) is 86.3 Å². The van der Waals surface area contributed by atoms with Gasteiger partial charge in [-0.2, -0.15) is 9.97 Å². The SMILES string of the molecule is COc1ccc(-c2noc(C3CCN(C(=O)CN)CC3)n2)cc1OC.COc1ccc(-c2noc(C3CCN(C(=O)CNC(=O)c4ccccc4OC)CC3)n2)cc1OC.COc1ccccc1C(=O)O. The predicted molar refractivity (Wildman–Crippen MR) is 257 cm³/mol. The molecule has 0 aliphatic carbocycles. The van der Waals surface area contributed by atoms with Gasteiger partial charge in [-0.15, -0.1) is 0 Å². The lowest BCUT2D eigenvalue weighted by Gasteiger charge is -2.30. The Hall–Kier alpha value is -8.20. The molecule has 2 aliphatic heterocycles. The summed E-state index contributed by atoms with van der Waals surface area (Å²) < 4.78 is 42.2. The van der Waals surface area contributed by atoms with Crippen LogP contribution in [0.4, 0.5) is 0 Å². The number of hydrogen-bond donors (Lipinski definition) is 3. The molecule has 71 heavy (non-hydrogen) atoms. The third kappa shape index (κ3) is 13.3. The fourth-order valence-corrected chi connectivity index (χ4v) is 7.88. The summed E-state index contributed by atoms with van der Waals surface area (Å²) in [6.07, 6.45) is 2.97. The zero-order valence-electron chi connectivity index (χ0n) is 40.4. The summed E-state index contributed by atoms with van der Waals surface area (Å²) in [5.41, 5.74) is 7.55. The number of carboxylic acid groups (broad SMARTS) is 1. The molecule has 2 aromatic heterocycles. The number of para-hydroxylation sites is 2. The summed E-state index contributed by atoms with van der Waals surface area (Å²) in [6, 6.07) is 24.3. The van der Waals surface area contributed by atoms with Crippen molar-refractivity contribution in [1.29, 1.82) is 0 Å². The van der Waals surface area contributed by atoms with Gasteiger partial charge in [-0.3, -0.25) is 14.4 Å². The number of ether oxygens (including phenoxy) is 6. The monoisotopic (exact) mass is 978 g/mol. The summed E-state index contributed by atoms with van der Waals surface area (Å²) in [6.45, 7) is 2.38. The number of carbonyl (C=O) groups excluding carboxylic acids is 3. The Morgan fingerprint density at radius 1 is 0.577 bits per heavy atom. The molecule has 0 atom stereocenters. The lowest BCUT2D eigenvalue weighted by Crippen LogP contribution is -2.43. The number of carbonyl (C=O) groups is 4. The maximum atomic E-state index is 12.6. The number of benzene rings is 4. The van der Waals surface area contributed by atoms with Crippen LogP contribution in [0.2, 0.25) is 0 Å². The topological polar surface area (TPSA) is 266 Å². The lowest BCUT2D eigenvalue weighted by atomic mass is 9.96. The number of methoxy groups -OCH3 is 6. The summed E-state index contributed by atoms with van der Waals surface area (Å²) in [5.74, 6) is 4.19. The number of nitrogens with one attached hydrogen (secondary N) is 1. The highest BCUT2D eigenvalue weighted by Crippen LogP contribution is 2.35. The van der Waals surface area contributed by atoms with Crippen molar-refractivity contribution in [1.82, 2.24) is 35.4 Å². The van der Waals surface area contributed by atoms with Gasteiger partial charge < -0.3 is 63.4 Å². The van der Waals surface area contributed by atoms with E-state index in [-0.39, 0.29) is 48.2 Å². The predicted octanol–water partition coefficient (Wildman–Crippen LogP) is 5.71. The van der Waals surface area contributed by atoms with Crippen molar-refractivity contribution in [2.24, 2.45) is 5.73 Å². The first-order valence-corrected chi connectivity index (χ1v) is 22.6. The minimum absolute atomic E-state index is 0.0185. The van der Waals surface area contributed by atoms with Crippen LogP contribution in [-0.4, -0.2) is 141 Å². The molecule has 0 unspecified atom stereocenters. The maximum Gasteiger partial charge on any atom is 0.339 e. The van der Waals surface area contributed by atoms with E-state index in [1.54, 1.807) is 98.9 Å². The van der Waals surface area contributed by atoms with Gasteiger partial charge in [0.25, 0.3) is 5.91 Å². The summed E-state index contributed by atoms with van der Waals surface area (Å²) in [4.78, 5) is 59.8. The molecule has 0 spiro atoms. The molecule has 0 radical (unpaired) electrons. The molecule has 2 aliphatic rings. The quantitative estimate of drug-likeness (QED) is 0.111. The molecule has 4 aromatic carbocycles. The Kier molecular flexibility index (Phi) is 18.7. The number of rotatable bonds is 15. The number of piperidine rings is 2. The van der Waals surface area contributed by atoms with E-state index < -0.39 is 5.97 Å². The lowest BCUT2D eigenvalue weighted by molar-refractivity contribution is -0.131. The maximum absolute atomic E-state index is 12.6. The van der Waals surface area contributed by atoms with E-state index in [0.29, 0.717) is 103 Å². The molecule has 6 aromatic rings. The van der Waals surface area contributed by atoms with Crippen LogP contribution >= 0.6 is 0 Å². The third-order valence-electron chi connectivity index (χ3n) is 11.8. The fraction of sp³-hybridized carbons (Fsp3) is 0.360. The zero-order chi connectivity index (χ0) is 50.9. The average molecular weight is 979 g/mol. The molecular formula is C50H58N8O13. The molecule has 2 saturated heterocycles. The van der Waals surface area contributed by atoms with Crippen LogP contribution in [0.3, 0.4) is 0 Å². The average Bonchev–Trinajstić information content (AvgIpc) is 4.14. The molecule has 0 bridgehead atoms. The Labute approximate surface area is 410 Å². The number of nitrogens with two attached hydrogens (primary N) is 1. The van der Waals surface area contributed by atoms with Crippen molar-refractivity contribution in [2.45, 2.75) is 37.5 Å². The molecule has 2 fully saturated rings. The van der Waals surface area contributed by atoms with E-state index in [2.05, 4.69) is 25.6 Å². The summed E-state index contributed by atoms with van der Waals surface area (Å²) in [5, 5.41) is 19.5. The van der Waals surface area contributed by atoms with Crippen LogP contribution in [0.15, 0.2) is 94.0 Å².